The molecule has 38 heavy (non-hydrogen) atoms. The molecule has 202 valence electrons. The van der Waals surface area contributed by atoms with E-state index in [1.807, 2.05) is 66.7 Å². The molecule has 8 heteroatoms. The predicted molar refractivity (Wildman–Crippen MR) is 154 cm³/mol. The first-order valence-corrected chi connectivity index (χ1v) is 13.7. The smallest absolute Gasteiger partial charge is 0.220 e. The van der Waals surface area contributed by atoms with Gasteiger partial charge < -0.3 is 29.0 Å². The molecule has 0 aliphatic carbocycles. The number of amides is 1. The van der Waals surface area contributed by atoms with Crippen molar-refractivity contribution in [3.63, 3.8) is 0 Å². The van der Waals surface area contributed by atoms with Gasteiger partial charge in [0.05, 0.1) is 33.0 Å². The summed E-state index contributed by atoms with van der Waals surface area (Å²) in [6.07, 6.45) is -0.292. The Labute approximate surface area is 237 Å². The molecule has 4 atom stereocenters. The first-order valence-electron chi connectivity index (χ1n) is 12.5. The largest absolute Gasteiger partial charge is 0.497 e. The molecule has 0 radical (unpaired) electrons. The van der Waals surface area contributed by atoms with Gasteiger partial charge >= 0.3 is 0 Å². The summed E-state index contributed by atoms with van der Waals surface area (Å²) in [6.45, 7) is 0.244. The molecule has 1 aliphatic heterocycles. The van der Waals surface area contributed by atoms with Crippen LogP contribution in [-0.2, 0) is 24.6 Å². The van der Waals surface area contributed by atoms with Crippen molar-refractivity contribution in [2.75, 3.05) is 35.0 Å². The Hall–Kier alpha value is -2.66. The molecule has 0 saturated carbocycles. The average molecular weight is 632 g/mol. The van der Waals surface area contributed by atoms with Gasteiger partial charge in [0.15, 0.2) is 0 Å². The van der Waals surface area contributed by atoms with E-state index < -0.39 is 5.60 Å². The normalized spacial score (nSPS) is 21.2. The molecule has 3 aromatic carbocycles. The fourth-order valence-electron chi connectivity index (χ4n) is 5.04. The summed E-state index contributed by atoms with van der Waals surface area (Å²) in [6, 6.07) is 25.9. The molecular weight excluding hydrogens is 597 g/mol. The third-order valence-corrected chi connectivity index (χ3v) is 8.07. The third-order valence-electron chi connectivity index (χ3n) is 7.07. The van der Waals surface area contributed by atoms with E-state index in [0.29, 0.717) is 0 Å². The number of hydrogen-bond acceptors (Lipinski definition) is 6. The molecule has 0 aromatic heterocycles. The van der Waals surface area contributed by atoms with Crippen LogP contribution in [0, 0.1) is 5.92 Å². The molecular formula is C30H34INO6. The lowest BCUT2D eigenvalue weighted by Gasteiger charge is -2.37. The molecule has 0 spiro atoms. The van der Waals surface area contributed by atoms with E-state index >= 15 is 0 Å². The minimum Gasteiger partial charge on any atom is -0.497 e. The summed E-state index contributed by atoms with van der Waals surface area (Å²) < 4.78 is 29.7. The van der Waals surface area contributed by atoms with E-state index in [1.165, 1.54) is 0 Å². The zero-order valence-corrected chi connectivity index (χ0v) is 24.2. The van der Waals surface area contributed by atoms with Crippen molar-refractivity contribution >= 4 is 28.5 Å². The second-order valence-corrected chi connectivity index (χ2v) is 10.3. The van der Waals surface area contributed by atoms with Crippen LogP contribution in [0.15, 0.2) is 78.9 Å². The van der Waals surface area contributed by atoms with Gasteiger partial charge in [0.1, 0.15) is 21.2 Å². The van der Waals surface area contributed by atoms with Gasteiger partial charge in [-0.25, -0.2) is 0 Å². The number of hydrogen-bond donors (Lipinski definition) is 1. The van der Waals surface area contributed by atoms with E-state index in [0.717, 1.165) is 28.2 Å². The SMILES string of the molecule is CNC(=O)CC1C(COC(c2ccccc2)(c2ccc(OC)cc2)c2ccc(OC)cc2)OC(I)C1OC. The maximum absolute atomic E-state index is 12.4. The summed E-state index contributed by atoms with van der Waals surface area (Å²) in [7, 11) is 6.59. The Kier molecular flexibility index (Phi) is 9.64. The number of methoxy groups -OCH3 is 3. The molecule has 1 fully saturated rings. The van der Waals surface area contributed by atoms with Crippen molar-refractivity contribution in [2.24, 2.45) is 5.92 Å². The highest BCUT2D eigenvalue weighted by atomic mass is 127. The van der Waals surface area contributed by atoms with Crippen LogP contribution in [0.1, 0.15) is 23.1 Å². The van der Waals surface area contributed by atoms with Crippen LogP contribution in [0.2, 0.25) is 0 Å². The van der Waals surface area contributed by atoms with Gasteiger partial charge in [-0.15, -0.1) is 0 Å². The van der Waals surface area contributed by atoms with E-state index in [9.17, 15) is 4.79 Å². The number of ether oxygens (including phenoxy) is 5. The molecule has 3 aromatic rings. The van der Waals surface area contributed by atoms with Crippen LogP contribution >= 0.6 is 22.6 Å². The fraction of sp³-hybridized carbons (Fsp3) is 0.367. The van der Waals surface area contributed by atoms with Crippen LogP contribution in [0.3, 0.4) is 0 Å². The van der Waals surface area contributed by atoms with E-state index in [-0.39, 0.29) is 41.2 Å². The molecule has 1 heterocycles. The zero-order valence-electron chi connectivity index (χ0n) is 22.1. The molecule has 1 aliphatic rings. The minimum atomic E-state index is -0.966. The van der Waals surface area contributed by atoms with Crippen molar-refractivity contribution in [1.82, 2.24) is 5.32 Å². The molecule has 4 rings (SSSR count). The Morgan fingerprint density at radius 2 is 1.39 bits per heavy atom. The summed E-state index contributed by atoms with van der Waals surface area (Å²) >= 11 is 2.23. The van der Waals surface area contributed by atoms with Crippen molar-refractivity contribution in [3.05, 3.63) is 95.6 Å². The third kappa shape index (κ3) is 5.83. The summed E-state index contributed by atoms with van der Waals surface area (Å²) in [4.78, 5) is 12.4. The maximum atomic E-state index is 12.4. The van der Waals surface area contributed by atoms with Gasteiger partial charge in [-0.3, -0.25) is 4.79 Å². The lowest BCUT2D eigenvalue weighted by atomic mass is 9.80. The summed E-state index contributed by atoms with van der Waals surface area (Å²) in [5.74, 6) is 1.29. The van der Waals surface area contributed by atoms with Gasteiger partial charge in [-0.05, 0) is 63.5 Å². The van der Waals surface area contributed by atoms with Gasteiger partial charge in [-0.2, -0.15) is 0 Å². The lowest BCUT2D eigenvalue weighted by molar-refractivity contribution is -0.123. The Morgan fingerprint density at radius 3 is 1.87 bits per heavy atom. The second kappa shape index (κ2) is 12.9. The lowest BCUT2D eigenvalue weighted by Crippen LogP contribution is -2.39. The van der Waals surface area contributed by atoms with Crippen molar-refractivity contribution < 1.29 is 28.5 Å². The highest BCUT2D eigenvalue weighted by molar-refractivity contribution is 14.1. The van der Waals surface area contributed by atoms with Crippen LogP contribution in [0.25, 0.3) is 0 Å². The maximum Gasteiger partial charge on any atom is 0.220 e. The minimum absolute atomic E-state index is 0.0595. The number of rotatable bonds is 11. The Balaban J connectivity index is 1.80. The number of benzene rings is 3. The highest BCUT2D eigenvalue weighted by Gasteiger charge is 2.46. The number of halogens is 1. The number of carbonyl (C=O) groups is 1. The van der Waals surface area contributed by atoms with Crippen LogP contribution in [0.4, 0.5) is 0 Å². The van der Waals surface area contributed by atoms with Crippen LogP contribution in [-0.4, -0.2) is 57.2 Å². The molecule has 1 N–H and O–H groups in total. The summed E-state index contributed by atoms with van der Waals surface area (Å²) in [5.41, 5.74) is 1.87. The first kappa shape index (κ1) is 28.4. The average Bonchev–Trinajstić information content (AvgIpc) is 3.27. The van der Waals surface area contributed by atoms with Crippen molar-refractivity contribution in [2.45, 2.75) is 28.3 Å². The summed E-state index contributed by atoms with van der Waals surface area (Å²) in [5, 5.41) is 2.73. The van der Waals surface area contributed by atoms with Crippen LogP contribution in [0.5, 0.6) is 11.5 Å². The molecule has 1 saturated heterocycles. The van der Waals surface area contributed by atoms with Gasteiger partial charge in [-0.1, -0.05) is 54.6 Å². The van der Waals surface area contributed by atoms with Crippen molar-refractivity contribution in [1.29, 1.82) is 0 Å². The fourth-order valence-corrected chi connectivity index (χ4v) is 6.25. The Bertz CT molecular complexity index is 1120. The molecule has 0 bridgehead atoms. The number of nitrogens with one attached hydrogen (secondary N) is 1. The van der Waals surface area contributed by atoms with E-state index in [1.54, 1.807) is 28.4 Å². The monoisotopic (exact) mass is 631 g/mol. The van der Waals surface area contributed by atoms with Crippen LogP contribution < -0.4 is 14.8 Å². The molecule has 1 amide bonds. The molecule has 7 nitrogen and oxygen atoms in total. The molecule has 4 unspecified atom stereocenters. The number of carbonyl (C=O) groups excluding carboxylic acids is 1. The first-order chi connectivity index (χ1) is 18.5. The van der Waals surface area contributed by atoms with Gasteiger partial charge in [0.25, 0.3) is 0 Å². The Morgan fingerprint density at radius 1 is 0.868 bits per heavy atom. The van der Waals surface area contributed by atoms with E-state index in [4.69, 9.17) is 23.7 Å². The standard InChI is InChI=1S/C30H34INO6/c1-32-27(33)18-25-26(38-29(31)28(25)36-4)19-37-30(20-8-6-5-7-9-20,21-10-14-23(34-2)15-11-21)22-12-16-24(35-3)17-13-22/h5-17,25-26,28-29H,18-19H2,1-4H3,(H,32,33). The van der Waals surface area contributed by atoms with E-state index in [2.05, 4.69) is 40.0 Å². The predicted octanol–water partition coefficient (Wildman–Crippen LogP) is 4.94. The van der Waals surface area contributed by atoms with Gasteiger partial charge in [0.2, 0.25) is 5.91 Å². The quantitative estimate of drug-likeness (QED) is 0.184. The number of alkyl halides is 1. The second-order valence-electron chi connectivity index (χ2n) is 9.08. The zero-order chi connectivity index (χ0) is 27.1. The topological polar surface area (TPSA) is 75.3 Å². The highest BCUT2D eigenvalue weighted by Crippen LogP contribution is 2.43. The van der Waals surface area contributed by atoms with Gasteiger partial charge in [0, 0.05) is 26.5 Å². The van der Waals surface area contributed by atoms with Crippen molar-refractivity contribution in [3.8, 4) is 11.5 Å².